The van der Waals surface area contributed by atoms with Gasteiger partial charge in [-0.15, -0.1) is 11.3 Å². The molecule has 0 radical (unpaired) electrons. The van der Waals surface area contributed by atoms with E-state index in [1.165, 1.54) is 27.9 Å². The highest BCUT2D eigenvalue weighted by molar-refractivity contribution is 7.14. The number of amides is 3. The third kappa shape index (κ3) is 6.29. The predicted molar refractivity (Wildman–Crippen MR) is 114 cm³/mol. The molecule has 0 saturated heterocycles. The Bertz CT molecular complexity index is 905. The van der Waals surface area contributed by atoms with Crippen molar-refractivity contribution >= 4 is 35.1 Å². The van der Waals surface area contributed by atoms with E-state index in [9.17, 15) is 14.4 Å². The molecule has 29 heavy (non-hydrogen) atoms. The van der Waals surface area contributed by atoms with E-state index in [1.54, 1.807) is 6.08 Å². The molecule has 0 bridgehead atoms. The van der Waals surface area contributed by atoms with Crippen LogP contribution < -0.4 is 16.2 Å². The number of thiophene rings is 1. The quantitative estimate of drug-likeness (QED) is 0.505. The Morgan fingerprint density at radius 3 is 2.76 bits per heavy atom. The van der Waals surface area contributed by atoms with E-state index in [0.29, 0.717) is 10.8 Å². The van der Waals surface area contributed by atoms with Gasteiger partial charge in [-0.25, -0.2) is 0 Å². The summed E-state index contributed by atoms with van der Waals surface area (Å²) in [6.45, 7) is 2.40. The molecule has 152 valence electrons. The summed E-state index contributed by atoms with van der Waals surface area (Å²) in [7, 11) is 0. The number of aryl methyl sites for hydroxylation is 1. The van der Waals surface area contributed by atoms with Gasteiger partial charge < -0.3 is 5.32 Å². The fourth-order valence-corrected chi connectivity index (χ4v) is 4.27. The average molecular weight is 412 g/mol. The molecule has 0 aliphatic heterocycles. The zero-order chi connectivity index (χ0) is 20.6. The highest BCUT2D eigenvalue weighted by Gasteiger charge is 2.20. The number of carbonyl (C=O) groups excluding carboxylic acids is 3. The van der Waals surface area contributed by atoms with E-state index in [2.05, 4.69) is 23.1 Å². The maximum absolute atomic E-state index is 12.3. The molecule has 7 heteroatoms. The lowest BCUT2D eigenvalue weighted by Gasteiger charge is -2.16. The van der Waals surface area contributed by atoms with E-state index >= 15 is 0 Å². The molecule has 1 aromatic heterocycles. The highest BCUT2D eigenvalue weighted by atomic mass is 32.1. The zero-order valence-corrected chi connectivity index (χ0v) is 17.2. The van der Waals surface area contributed by atoms with Crippen LogP contribution in [-0.4, -0.2) is 24.3 Å². The van der Waals surface area contributed by atoms with Crippen molar-refractivity contribution in [3.8, 4) is 0 Å². The number of carbonyl (C=O) groups is 3. The molecule has 0 saturated carbocycles. The van der Waals surface area contributed by atoms with Gasteiger partial charge in [-0.3, -0.25) is 25.2 Å². The van der Waals surface area contributed by atoms with E-state index < -0.39 is 0 Å². The minimum atomic E-state index is -0.361. The second-order valence-electron chi connectivity index (χ2n) is 7.19. The molecule has 3 rings (SSSR count). The molecular formula is C22H25N3O3S. The van der Waals surface area contributed by atoms with Crippen LogP contribution in [0.3, 0.4) is 0 Å². The van der Waals surface area contributed by atoms with Crippen LogP contribution in [0.25, 0.3) is 6.08 Å². The van der Waals surface area contributed by atoms with Gasteiger partial charge in [0.1, 0.15) is 0 Å². The first-order valence-corrected chi connectivity index (χ1v) is 10.5. The fourth-order valence-electron chi connectivity index (χ4n) is 3.16. The van der Waals surface area contributed by atoms with Gasteiger partial charge in [-0.05, 0) is 48.4 Å². The maximum atomic E-state index is 12.3. The number of fused-ring (bicyclic) bond motifs is 1. The summed E-state index contributed by atoms with van der Waals surface area (Å²) >= 11 is 1.49. The molecule has 1 atom stereocenters. The summed E-state index contributed by atoms with van der Waals surface area (Å²) in [6, 6.07) is 11.4. The first-order valence-electron chi connectivity index (χ1n) is 9.73. The Morgan fingerprint density at radius 1 is 1.17 bits per heavy atom. The van der Waals surface area contributed by atoms with E-state index in [0.717, 1.165) is 24.8 Å². The lowest BCUT2D eigenvalue weighted by Crippen LogP contribution is -2.42. The van der Waals surface area contributed by atoms with Crippen LogP contribution >= 0.6 is 11.3 Å². The Hall–Kier alpha value is -2.93. The van der Waals surface area contributed by atoms with Crippen LogP contribution in [-0.2, 0) is 22.4 Å². The van der Waals surface area contributed by atoms with E-state index in [-0.39, 0.29) is 30.7 Å². The van der Waals surface area contributed by atoms with Gasteiger partial charge >= 0.3 is 0 Å². The van der Waals surface area contributed by atoms with Gasteiger partial charge in [0.2, 0.25) is 11.8 Å². The SMILES string of the molecule is C[C@H]1CCc2sc(C(=O)NNC(=O)CCNC(=O)/C=C/c3ccccc3)cc2C1. The number of hydrogen-bond acceptors (Lipinski definition) is 4. The van der Waals surface area contributed by atoms with Crippen LogP contribution in [0.15, 0.2) is 42.5 Å². The van der Waals surface area contributed by atoms with Crippen molar-refractivity contribution in [2.24, 2.45) is 5.92 Å². The number of benzene rings is 1. The first kappa shape index (κ1) is 20.8. The van der Waals surface area contributed by atoms with Gasteiger partial charge in [0.25, 0.3) is 5.91 Å². The molecule has 1 aliphatic rings. The molecule has 3 amide bonds. The lowest BCUT2D eigenvalue weighted by atomic mass is 9.90. The minimum absolute atomic E-state index is 0.0731. The topological polar surface area (TPSA) is 87.3 Å². The van der Waals surface area contributed by atoms with Crippen LogP contribution in [0.1, 0.15) is 45.4 Å². The van der Waals surface area contributed by atoms with Crippen LogP contribution in [0.4, 0.5) is 0 Å². The van der Waals surface area contributed by atoms with Gasteiger partial charge in [0.05, 0.1) is 4.88 Å². The van der Waals surface area contributed by atoms with E-state index in [4.69, 9.17) is 0 Å². The van der Waals surface area contributed by atoms with Crippen molar-refractivity contribution in [1.82, 2.24) is 16.2 Å². The summed E-state index contributed by atoms with van der Waals surface area (Å²) in [6.07, 6.45) is 6.37. The second-order valence-corrected chi connectivity index (χ2v) is 8.33. The average Bonchev–Trinajstić information content (AvgIpc) is 3.14. The molecule has 0 fully saturated rings. The monoisotopic (exact) mass is 411 g/mol. The van der Waals surface area contributed by atoms with Gasteiger partial charge in [0, 0.05) is 23.9 Å². The summed E-state index contributed by atoms with van der Waals surface area (Å²) < 4.78 is 0. The minimum Gasteiger partial charge on any atom is -0.352 e. The Labute approximate surface area is 174 Å². The summed E-state index contributed by atoms with van der Waals surface area (Å²) in [5, 5.41) is 2.64. The number of hydrazine groups is 1. The Balaban J connectivity index is 1.36. The summed E-state index contributed by atoms with van der Waals surface area (Å²) in [4.78, 5) is 37.8. The maximum Gasteiger partial charge on any atom is 0.279 e. The Kier molecular flexibility index (Phi) is 7.19. The molecule has 2 aromatic rings. The summed E-state index contributed by atoms with van der Waals surface area (Å²) in [5.41, 5.74) is 7.02. The molecule has 0 unspecified atom stereocenters. The van der Waals surface area contributed by atoms with Gasteiger partial charge in [-0.1, -0.05) is 37.3 Å². The number of rotatable bonds is 6. The molecule has 0 spiro atoms. The Morgan fingerprint density at radius 2 is 1.97 bits per heavy atom. The molecular weight excluding hydrogens is 386 g/mol. The van der Waals surface area contributed by atoms with Crippen molar-refractivity contribution in [3.63, 3.8) is 0 Å². The smallest absolute Gasteiger partial charge is 0.279 e. The van der Waals surface area contributed by atoms with Crippen LogP contribution in [0, 0.1) is 5.92 Å². The van der Waals surface area contributed by atoms with Crippen LogP contribution in [0.5, 0.6) is 0 Å². The normalized spacial score (nSPS) is 15.6. The molecule has 1 aromatic carbocycles. The molecule has 6 nitrogen and oxygen atoms in total. The third-order valence-corrected chi connectivity index (χ3v) is 5.98. The zero-order valence-electron chi connectivity index (χ0n) is 16.4. The second kappa shape index (κ2) is 10.0. The number of hydrogen-bond donors (Lipinski definition) is 3. The van der Waals surface area contributed by atoms with Crippen molar-refractivity contribution in [3.05, 3.63) is 63.4 Å². The van der Waals surface area contributed by atoms with E-state index in [1.807, 2.05) is 36.4 Å². The van der Waals surface area contributed by atoms with Crippen LogP contribution in [0.2, 0.25) is 0 Å². The third-order valence-electron chi connectivity index (χ3n) is 4.75. The summed E-state index contributed by atoms with van der Waals surface area (Å²) in [5.74, 6) is -0.296. The number of nitrogens with one attached hydrogen (secondary N) is 3. The predicted octanol–water partition coefficient (Wildman–Crippen LogP) is 2.85. The van der Waals surface area contributed by atoms with Gasteiger partial charge in [0.15, 0.2) is 0 Å². The molecule has 1 aliphatic carbocycles. The molecule has 3 N–H and O–H groups in total. The van der Waals surface area contributed by atoms with Crippen molar-refractivity contribution in [2.75, 3.05) is 6.54 Å². The van der Waals surface area contributed by atoms with Crippen molar-refractivity contribution in [2.45, 2.75) is 32.6 Å². The largest absolute Gasteiger partial charge is 0.352 e. The lowest BCUT2D eigenvalue weighted by molar-refractivity contribution is -0.122. The fraction of sp³-hybridized carbons (Fsp3) is 0.318. The molecule has 1 heterocycles. The van der Waals surface area contributed by atoms with Crippen molar-refractivity contribution < 1.29 is 14.4 Å². The van der Waals surface area contributed by atoms with Crippen molar-refractivity contribution in [1.29, 1.82) is 0 Å². The highest BCUT2D eigenvalue weighted by Crippen LogP contribution is 2.32. The van der Waals surface area contributed by atoms with Gasteiger partial charge in [-0.2, -0.15) is 0 Å². The standard InChI is InChI=1S/C22H25N3O3S/c1-15-7-9-18-17(13-15)14-19(29-18)22(28)25-24-21(27)11-12-23-20(26)10-8-16-5-3-2-4-6-16/h2-6,8,10,14-15H,7,9,11-13H2,1H3,(H,23,26)(H,24,27)(H,25,28)/b10-8+/t15-/m0/s1. The first-order chi connectivity index (χ1) is 14.0.